The van der Waals surface area contributed by atoms with Gasteiger partial charge >= 0.3 is 6.03 Å². The number of imide groups is 1. The van der Waals surface area contributed by atoms with Crippen molar-refractivity contribution in [3.8, 4) is 11.5 Å². The highest BCUT2D eigenvalue weighted by Gasteiger charge is 2.20. The van der Waals surface area contributed by atoms with Gasteiger partial charge in [0.2, 0.25) is 0 Å². The monoisotopic (exact) mass is 552 g/mol. The molecule has 0 unspecified atom stereocenters. The zero-order valence-corrected chi connectivity index (χ0v) is 21.3. The second-order valence-corrected chi connectivity index (χ2v) is 9.05. The molecule has 0 aliphatic carbocycles. The fourth-order valence-corrected chi connectivity index (χ4v) is 4.09. The number of carbonyl (C=O) groups is 2. The molecule has 0 atom stereocenters. The maximum Gasteiger partial charge on any atom is 0.326 e. The number of amides is 3. The van der Waals surface area contributed by atoms with Crippen molar-refractivity contribution >= 4 is 56.8 Å². The van der Waals surface area contributed by atoms with Gasteiger partial charge in [-0.05, 0) is 80.3 Å². The molecule has 0 aromatic heterocycles. The number of urea groups is 1. The van der Waals surface area contributed by atoms with Crippen LogP contribution >= 0.6 is 39.1 Å². The van der Waals surface area contributed by atoms with E-state index in [2.05, 4.69) is 26.6 Å². The summed E-state index contributed by atoms with van der Waals surface area (Å²) in [6.07, 6.45) is 0. The molecule has 9 heteroatoms. The van der Waals surface area contributed by atoms with Crippen LogP contribution in [0.3, 0.4) is 0 Å². The van der Waals surface area contributed by atoms with E-state index in [1.807, 2.05) is 26.0 Å². The van der Waals surface area contributed by atoms with Crippen LogP contribution in [-0.4, -0.2) is 11.9 Å². The number of anilines is 1. The average molecular weight is 554 g/mol. The smallest absolute Gasteiger partial charge is 0.326 e. The number of hydrogen-bond donors (Lipinski definition) is 2. The SMILES string of the molecule is Cc1cc(NC(=O)NC(=O)c2c(F)cccc2Cl)c(C)c(Cl)c1Oc1ccc(Br)c(C)c1C. The van der Waals surface area contributed by atoms with Crippen LogP contribution in [0, 0.1) is 33.5 Å². The highest BCUT2D eigenvalue weighted by molar-refractivity contribution is 9.10. The fraction of sp³-hybridized carbons (Fsp3) is 0.167. The minimum atomic E-state index is -0.961. The van der Waals surface area contributed by atoms with E-state index in [4.69, 9.17) is 27.9 Å². The molecule has 0 saturated heterocycles. The Balaban J connectivity index is 1.82. The highest BCUT2D eigenvalue weighted by Crippen LogP contribution is 2.40. The maximum absolute atomic E-state index is 13.9. The van der Waals surface area contributed by atoms with Crippen molar-refractivity contribution in [3.63, 3.8) is 0 Å². The summed E-state index contributed by atoms with van der Waals surface area (Å²) in [5.74, 6) is -0.676. The van der Waals surface area contributed by atoms with Gasteiger partial charge in [-0.3, -0.25) is 10.1 Å². The number of hydrogen-bond acceptors (Lipinski definition) is 3. The predicted octanol–water partition coefficient (Wildman–Crippen LogP) is 7.88. The first kappa shape index (κ1) is 25.0. The highest BCUT2D eigenvalue weighted by atomic mass is 79.9. The Morgan fingerprint density at radius 1 is 1.00 bits per heavy atom. The molecule has 3 amide bonds. The Morgan fingerprint density at radius 2 is 1.70 bits per heavy atom. The van der Waals surface area contributed by atoms with E-state index in [0.717, 1.165) is 21.7 Å². The minimum absolute atomic E-state index is 0.102. The molecule has 3 aromatic carbocycles. The third-order valence-electron chi connectivity index (χ3n) is 5.20. The van der Waals surface area contributed by atoms with Crippen LogP contribution < -0.4 is 15.4 Å². The quantitative estimate of drug-likeness (QED) is 0.345. The summed E-state index contributed by atoms with van der Waals surface area (Å²) in [5, 5.41) is 4.85. The first-order chi connectivity index (χ1) is 15.5. The third-order valence-corrected chi connectivity index (χ3v) is 6.83. The van der Waals surface area contributed by atoms with Gasteiger partial charge in [-0.2, -0.15) is 0 Å². The van der Waals surface area contributed by atoms with Crippen molar-refractivity contribution in [1.82, 2.24) is 5.32 Å². The van der Waals surface area contributed by atoms with Crippen LogP contribution in [0.1, 0.15) is 32.6 Å². The van der Waals surface area contributed by atoms with E-state index in [9.17, 15) is 14.0 Å². The molecule has 172 valence electrons. The number of ether oxygens (including phenoxy) is 1. The number of carbonyl (C=O) groups excluding carboxylic acids is 2. The van der Waals surface area contributed by atoms with E-state index in [1.165, 1.54) is 12.1 Å². The lowest BCUT2D eigenvalue weighted by molar-refractivity contribution is 0.0963. The van der Waals surface area contributed by atoms with Crippen LogP contribution in [0.15, 0.2) is 40.9 Å². The lowest BCUT2D eigenvalue weighted by atomic mass is 10.1. The first-order valence-corrected chi connectivity index (χ1v) is 11.4. The topological polar surface area (TPSA) is 67.4 Å². The average Bonchev–Trinajstić information content (AvgIpc) is 2.74. The second kappa shape index (κ2) is 10.1. The Morgan fingerprint density at radius 3 is 2.36 bits per heavy atom. The summed E-state index contributed by atoms with van der Waals surface area (Å²) in [5.41, 5.74) is 3.18. The molecule has 0 aliphatic heterocycles. The largest absolute Gasteiger partial charge is 0.455 e. The molecular weight excluding hydrogens is 534 g/mol. The fourth-order valence-electron chi connectivity index (χ4n) is 3.12. The van der Waals surface area contributed by atoms with Crippen LogP contribution in [-0.2, 0) is 0 Å². The Kier molecular flexibility index (Phi) is 7.67. The normalized spacial score (nSPS) is 10.7. The summed E-state index contributed by atoms with van der Waals surface area (Å²) >= 11 is 15.9. The van der Waals surface area contributed by atoms with Gasteiger partial charge in [-0.15, -0.1) is 0 Å². The molecule has 0 saturated carbocycles. The molecule has 0 heterocycles. The van der Waals surface area contributed by atoms with Gasteiger partial charge in [0.1, 0.15) is 17.3 Å². The Bertz CT molecular complexity index is 1260. The van der Waals surface area contributed by atoms with E-state index in [0.29, 0.717) is 33.3 Å². The summed E-state index contributed by atoms with van der Waals surface area (Å²) in [4.78, 5) is 24.7. The van der Waals surface area contributed by atoms with Crippen molar-refractivity contribution < 1.29 is 18.7 Å². The Hall–Kier alpha value is -2.61. The lowest BCUT2D eigenvalue weighted by Crippen LogP contribution is -2.35. The van der Waals surface area contributed by atoms with E-state index in [1.54, 1.807) is 19.9 Å². The van der Waals surface area contributed by atoms with Gasteiger partial charge in [0.25, 0.3) is 5.91 Å². The third kappa shape index (κ3) is 5.32. The van der Waals surface area contributed by atoms with E-state index < -0.39 is 23.3 Å². The standard InChI is InChI=1S/C24H20BrCl2FN2O3/c1-11-10-18(29-24(32)30-23(31)20-16(26)6-5-7-17(20)28)14(4)21(27)22(11)33-19-9-8-15(25)12(2)13(19)3/h5-10H,1-4H3,(H2,29,30,31,32). The van der Waals surface area contributed by atoms with Gasteiger partial charge in [-0.1, -0.05) is 45.2 Å². The van der Waals surface area contributed by atoms with Crippen molar-refractivity contribution in [2.75, 3.05) is 5.32 Å². The number of nitrogens with one attached hydrogen (secondary N) is 2. The van der Waals surface area contributed by atoms with Crippen molar-refractivity contribution in [3.05, 3.63) is 84.6 Å². The van der Waals surface area contributed by atoms with Gasteiger partial charge < -0.3 is 10.1 Å². The molecule has 0 spiro atoms. The molecule has 0 fully saturated rings. The summed E-state index contributed by atoms with van der Waals surface area (Å²) < 4.78 is 21.0. The predicted molar refractivity (Wildman–Crippen MR) is 133 cm³/mol. The van der Waals surface area contributed by atoms with Gasteiger partial charge in [0.15, 0.2) is 0 Å². The Labute approximate surface area is 209 Å². The minimum Gasteiger partial charge on any atom is -0.455 e. The summed E-state index contributed by atoms with van der Waals surface area (Å²) in [6.45, 7) is 7.42. The maximum atomic E-state index is 13.9. The van der Waals surface area contributed by atoms with Crippen LogP contribution in [0.25, 0.3) is 0 Å². The molecule has 2 N–H and O–H groups in total. The first-order valence-electron chi connectivity index (χ1n) is 9.80. The summed E-state index contributed by atoms with van der Waals surface area (Å²) in [7, 11) is 0. The molecular formula is C24H20BrCl2FN2O3. The van der Waals surface area contributed by atoms with Gasteiger partial charge in [0.05, 0.1) is 15.6 Å². The van der Waals surface area contributed by atoms with E-state index in [-0.39, 0.29) is 5.02 Å². The molecule has 3 rings (SSSR count). The van der Waals surface area contributed by atoms with Gasteiger partial charge in [-0.25, -0.2) is 9.18 Å². The molecule has 0 radical (unpaired) electrons. The van der Waals surface area contributed by atoms with E-state index >= 15 is 0 Å². The van der Waals surface area contributed by atoms with Gasteiger partial charge in [0, 0.05) is 10.2 Å². The zero-order chi connectivity index (χ0) is 24.4. The number of benzene rings is 3. The van der Waals surface area contributed by atoms with Crippen LogP contribution in [0.2, 0.25) is 10.0 Å². The molecule has 0 aliphatic rings. The second-order valence-electron chi connectivity index (χ2n) is 7.41. The molecule has 3 aromatic rings. The molecule has 5 nitrogen and oxygen atoms in total. The lowest BCUT2D eigenvalue weighted by Gasteiger charge is -2.18. The zero-order valence-electron chi connectivity index (χ0n) is 18.2. The number of halogens is 4. The van der Waals surface area contributed by atoms with Crippen molar-refractivity contribution in [2.24, 2.45) is 0 Å². The van der Waals surface area contributed by atoms with Crippen molar-refractivity contribution in [2.45, 2.75) is 27.7 Å². The molecule has 0 bridgehead atoms. The number of aryl methyl sites for hydroxylation is 1. The van der Waals surface area contributed by atoms with Crippen LogP contribution in [0.5, 0.6) is 11.5 Å². The van der Waals surface area contributed by atoms with Crippen LogP contribution in [0.4, 0.5) is 14.9 Å². The molecule has 33 heavy (non-hydrogen) atoms. The number of rotatable bonds is 4. The summed E-state index contributed by atoms with van der Waals surface area (Å²) in [6, 6.07) is 8.37. The van der Waals surface area contributed by atoms with Crippen molar-refractivity contribution in [1.29, 1.82) is 0 Å².